The molecule has 1 amide bonds. The van der Waals surface area contributed by atoms with E-state index < -0.39 is 17.4 Å². The minimum absolute atomic E-state index is 0.169. The maximum absolute atomic E-state index is 12.5. The molecule has 2 aromatic carbocycles. The van der Waals surface area contributed by atoms with Gasteiger partial charge < -0.3 is 9.84 Å². The molecule has 0 saturated heterocycles. The van der Waals surface area contributed by atoms with Crippen molar-refractivity contribution in [1.82, 2.24) is 15.5 Å². The van der Waals surface area contributed by atoms with E-state index >= 15 is 0 Å². The first-order chi connectivity index (χ1) is 12.8. The van der Waals surface area contributed by atoms with Crippen molar-refractivity contribution in [1.29, 1.82) is 0 Å². The standard InChI is InChI=1S/C18H13ClF3N3O2/c19-14(10-23-16(26)13-4-2-1-3-5-13)11-6-8-12(9-7-11)15-24-17(27-25-15)18(20,21)22/h1-9,14H,10H2,(H,23,26). The summed E-state index contributed by atoms with van der Waals surface area (Å²) < 4.78 is 41.7. The van der Waals surface area contributed by atoms with Crippen LogP contribution in [0.2, 0.25) is 0 Å². The fourth-order valence-corrected chi connectivity index (χ4v) is 2.51. The van der Waals surface area contributed by atoms with Crippen LogP contribution >= 0.6 is 11.6 Å². The predicted octanol–water partition coefficient (Wildman–Crippen LogP) is 4.47. The highest BCUT2D eigenvalue weighted by Gasteiger charge is 2.38. The summed E-state index contributed by atoms with van der Waals surface area (Å²) >= 11 is 6.29. The lowest BCUT2D eigenvalue weighted by Gasteiger charge is -2.11. The fourth-order valence-electron chi connectivity index (χ4n) is 2.29. The Balaban J connectivity index is 1.63. The molecule has 3 rings (SSSR count). The SMILES string of the molecule is O=C(NCC(Cl)c1ccc(-c2noc(C(F)(F)F)n2)cc1)c1ccccc1. The van der Waals surface area contributed by atoms with E-state index in [1.165, 1.54) is 12.1 Å². The quantitative estimate of drug-likeness (QED) is 0.647. The third-order valence-corrected chi connectivity index (χ3v) is 4.08. The number of nitrogens with zero attached hydrogens (tertiary/aromatic N) is 2. The molecule has 0 spiro atoms. The summed E-state index contributed by atoms with van der Waals surface area (Å²) in [5.74, 6) is -1.82. The van der Waals surface area contributed by atoms with Crippen LogP contribution in [0.1, 0.15) is 27.2 Å². The van der Waals surface area contributed by atoms with Crippen LogP contribution in [-0.2, 0) is 6.18 Å². The Kier molecular flexibility index (Phi) is 5.46. The van der Waals surface area contributed by atoms with Gasteiger partial charge in [0.2, 0.25) is 5.82 Å². The van der Waals surface area contributed by atoms with Crippen LogP contribution in [0.25, 0.3) is 11.4 Å². The van der Waals surface area contributed by atoms with Crippen molar-refractivity contribution in [2.24, 2.45) is 0 Å². The third-order valence-electron chi connectivity index (χ3n) is 3.68. The number of nitrogens with one attached hydrogen (secondary N) is 1. The summed E-state index contributed by atoms with van der Waals surface area (Å²) in [5.41, 5.74) is 1.57. The molecule has 0 aliphatic carbocycles. The zero-order valence-electron chi connectivity index (χ0n) is 13.7. The Morgan fingerprint density at radius 1 is 1.11 bits per heavy atom. The summed E-state index contributed by atoms with van der Waals surface area (Å²) in [6.45, 7) is 0.190. The molecule has 1 unspecified atom stereocenters. The highest BCUT2D eigenvalue weighted by molar-refractivity contribution is 6.21. The van der Waals surface area contributed by atoms with E-state index in [1.54, 1.807) is 36.4 Å². The summed E-state index contributed by atoms with van der Waals surface area (Å²) in [5, 5.41) is 5.54. The largest absolute Gasteiger partial charge is 0.471 e. The number of aromatic nitrogens is 2. The van der Waals surface area contributed by atoms with Gasteiger partial charge in [-0.3, -0.25) is 4.79 Å². The van der Waals surface area contributed by atoms with Gasteiger partial charge in [0.1, 0.15) is 0 Å². The average molecular weight is 396 g/mol. The van der Waals surface area contributed by atoms with Crippen LogP contribution in [0.3, 0.4) is 0 Å². The molecular weight excluding hydrogens is 383 g/mol. The molecule has 0 saturated carbocycles. The molecule has 0 aliphatic heterocycles. The molecule has 0 aliphatic rings. The van der Waals surface area contributed by atoms with Crippen LogP contribution < -0.4 is 5.32 Å². The highest BCUT2D eigenvalue weighted by Crippen LogP contribution is 2.30. The van der Waals surface area contributed by atoms with Gasteiger partial charge in [-0.1, -0.05) is 47.6 Å². The monoisotopic (exact) mass is 395 g/mol. The summed E-state index contributed by atoms with van der Waals surface area (Å²) in [7, 11) is 0. The average Bonchev–Trinajstić information content (AvgIpc) is 3.17. The lowest BCUT2D eigenvalue weighted by molar-refractivity contribution is -0.159. The van der Waals surface area contributed by atoms with Gasteiger partial charge in [0.05, 0.1) is 5.38 Å². The summed E-state index contributed by atoms with van der Waals surface area (Å²) in [6, 6.07) is 15.0. The van der Waals surface area contributed by atoms with Crippen molar-refractivity contribution < 1.29 is 22.5 Å². The van der Waals surface area contributed by atoms with Gasteiger partial charge in [-0.25, -0.2) is 0 Å². The Bertz CT molecular complexity index is 912. The van der Waals surface area contributed by atoms with E-state index in [4.69, 9.17) is 11.6 Å². The van der Waals surface area contributed by atoms with Crippen molar-refractivity contribution in [3.8, 4) is 11.4 Å². The molecule has 3 aromatic rings. The number of amides is 1. The Morgan fingerprint density at radius 3 is 2.37 bits per heavy atom. The molecule has 1 aromatic heterocycles. The molecule has 27 heavy (non-hydrogen) atoms. The zero-order chi connectivity index (χ0) is 19.4. The Labute approximate surface area is 157 Å². The lowest BCUT2D eigenvalue weighted by Crippen LogP contribution is -2.26. The second-order valence-electron chi connectivity index (χ2n) is 5.59. The molecule has 0 bridgehead atoms. The zero-order valence-corrected chi connectivity index (χ0v) is 14.5. The normalized spacial score (nSPS) is 12.6. The molecule has 0 fully saturated rings. The number of hydrogen-bond donors (Lipinski definition) is 1. The number of alkyl halides is 4. The van der Waals surface area contributed by atoms with Crippen molar-refractivity contribution in [2.45, 2.75) is 11.6 Å². The van der Waals surface area contributed by atoms with Crippen LogP contribution in [0.15, 0.2) is 59.1 Å². The number of benzene rings is 2. The van der Waals surface area contributed by atoms with Crippen LogP contribution in [0.4, 0.5) is 13.2 Å². The highest BCUT2D eigenvalue weighted by atomic mass is 35.5. The number of rotatable bonds is 5. The third kappa shape index (κ3) is 4.65. The van der Waals surface area contributed by atoms with Crippen molar-refractivity contribution in [2.75, 3.05) is 6.54 Å². The first kappa shape index (κ1) is 18.9. The van der Waals surface area contributed by atoms with E-state index in [0.717, 1.165) is 0 Å². The van der Waals surface area contributed by atoms with Crippen molar-refractivity contribution in [3.05, 3.63) is 71.6 Å². The molecule has 5 nitrogen and oxygen atoms in total. The van der Waals surface area contributed by atoms with Gasteiger partial charge >= 0.3 is 12.1 Å². The lowest BCUT2D eigenvalue weighted by atomic mass is 10.1. The molecule has 1 atom stereocenters. The minimum Gasteiger partial charge on any atom is -0.350 e. The fraction of sp³-hybridized carbons (Fsp3) is 0.167. The second-order valence-corrected chi connectivity index (χ2v) is 6.11. The van der Waals surface area contributed by atoms with Crippen LogP contribution in [0.5, 0.6) is 0 Å². The first-order valence-electron chi connectivity index (χ1n) is 7.83. The number of hydrogen-bond acceptors (Lipinski definition) is 4. The first-order valence-corrected chi connectivity index (χ1v) is 8.27. The van der Waals surface area contributed by atoms with Gasteiger partial charge in [0, 0.05) is 17.7 Å². The molecule has 140 valence electrons. The molecular formula is C18H13ClF3N3O2. The van der Waals surface area contributed by atoms with Gasteiger partial charge in [-0.05, 0) is 17.7 Å². The summed E-state index contributed by atoms with van der Waals surface area (Å²) in [6.07, 6.45) is -4.69. The van der Waals surface area contributed by atoms with Crippen LogP contribution in [-0.4, -0.2) is 22.6 Å². The predicted molar refractivity (Wildman–Crippen MR) is 92.1 cm³/mol. The summed E-state index contributed by atoms with van der Waals surface area (Å²) in [4.78, 5) is 15.3. The minimum atomic E-state index is -4.69. The van der Waals surface area contributed by atoms with E-state index in [1.807, 2.05) is 6.07 Å². The Hall–Kier alpha value is -2.87. The maximum Gasteiger partial charge on any atom is 0.471 e. The van der Waals surface area contributed by atoms with Crippen molar-refractivity contribution >= 4 is 17.5 Å². The topological polar surface area (TPSA) is 68.0 Å². The van der Waals surface area contributed by atoms with E-state index in [-0.39, 0.29) is 18.3 Å². The van der Waals surface area contributed by atoms with Gasteiger partial charge in [0.15, 0.2) is 0 Å². The number of halogens is 4. The van der Waals surface area contributed by atoms with Gasteiger partial charge in [0.25, 0.3) is 5.91 Å². The smallest absolute Gasteiger partial charge is 0.350 e. The number of carbonyl (C=O) groups excluding carboxylic acids is 1. The maximum atomic E-state index is 12.5. The van der Waals surface area contributed by atoms with Crippen LogP contribution in [0, 0.1) is 0 Å². The van der Waals surface area contributed by atoms with Crippen molar-refractivity contribution in [3.63, 3.8) is 0 Å². The van der Waals surface area contributed by atoms with E-state index in [9.17, 15) is 18.0 Å². The van der Waals surface area contributed by atoms with Gasteiger partial charge in [-0.2, -0.15) is 18.2 Å². The molecule has 1 heterocycles. The van der Waals surface area contributed by atoms with E-state index in [2.05, 4.69) is 20.0 Å². The number of carbonyl (C=O) groups is 1. The molecule has 0 radical (unpaired) electrons. The van der Waals surface area contributed by atoms with Gasteiger partial charge in [-0.15, -0.1) is 11.6 Å². The second kappa shape index (κ2) is 7.79. The Morgan fingerprint density at radius 2 is 1.78 bits per heavy atom. The van der Waals surface area contributed by atoms with E-state index in [0.29, 0.717) is 16.7 Å². The molecule has 1 N–H and O–H groups in total. The molecule has 9 heteroatoms.